The third kappa shape index (κ3) is 3.38. The Hall–Kier alpha value is -2.21. The van der Waals surface area contributed by atoms with Crippen LogP contribution in [0, 0.1) is 0 Å². The summed E-state index contributed by atoms with van der Waals surface area (Å²) < 4.78 is 1.01. The Morgan fingerprint density at radius 3 is 2.54 bits per heavy atom. The zero-order chi connectivity index (χ0) is 18.1. The lowest BCUT2D eigenvalue weighted by molar-refractivity contribution is 0.102. The Kier molecular flexibility index (Phi) is 4.76. The fraction of sp³-hybridized carbons (Fsp3) is 0. The van der Waals surface area contributed by atoms with E-state index in [-0.39, 0.29) is 5.91 Å². The van der Waals surface area contributed by atoms with Crippen molar-refractivity contribution in [1.82, 2.24) is 4.98 Å². The second-order valence-corrected chi connectivity index (χ2v) is 7.82. The molecule has 0 saturated heterocycles. The fourth-order valence-electron chi connectivity index (χ4n) is 2.72. The van der Waals surface area contributed by atoms with Crippen LogP contribution in [0.1, 0.15) is 10.4 Å². The monoisotopic (exact) mass is 442 g/mol. The smallest absolute Gasteiger partial charge is 0.258 e. The van der Waals surface area contributed by atoms with Crippen LogP contribution >= 0.6 is 38.9 Å². The van der Waals surface area contributed by atoms with Gasteiger partial charge in [0.05, 0.1) is 5.69 Å². The van der Waals surface area contributed by atoms with Crippen molar-refractivity contribution in [2.45, 2.75) is 0 Å². The summed E-state index contributed by atoms with van der Waals surface area (Å²) in [6, 6.07) is 19.0. The minimum atomic E-state index is -0.199. The molecule has 1 heterocycles. The minimum absolute atomic E-state index is 0.199. The summed E-state index contributed by atoms with van der Waals surface area (Å²) in [5.41, 5.74) is 2.41. The maximum atomic E-state index is 12.7. The highest BCUT2D eigenvalue weighted by molar-refractivity contribution is 9.10. The van der Waals surface area contributed by atoms with Crippen molar-refractivity contribution >= 4 is 60.7 Å². The standard InChI is InChI=1S/C20H12BrClN2OS/c21-13-9-7-12(8-10-13)18-11-26-20(23-18)24-19(25)16-5-1-4-15-14(16)3-2-6-17(15)22/h1-11H,(H,23,24,25). The van der Waals surface area contributed by atoms with Crippen molar-refractivity contribution in [3.8, 4) is 11.3 Å². The fourth-order valence-corrected chi connectivity index (χ4v) is 3.94. The van der Waals surface area contributed by atoms with Gasteiger partial charge in [0.25, 0.3) is 5.91 Å². The van der Waals surface area contributed by atoms with Crippen LogP contribution in [0.25, 0.3) is 22.0 Å². The van der Waals surface area contributed by atoms with Gasteiger partial charge in [0.15, 0.2) is 5.13 Å². The maximum absolute atomic E-state index is 12.7. The van der Waals surface area contributed by atoms with E-state index < -0.39 is 0 Å². The molecule has 0 saturated carbocycles. The number of amides is 1. The first-order chi connectivity index (χ1) is 12.6. The average Bonchev–Trinajstić information content (AvgIpc) is 3.10. The van der Waals surface area contributed by atoms with E-state index in [4.69, 9.17) is 11.6 Å². The number of benzene rings is 3. The van der Waals surface area contributed by atoms with Crippen molar-refractivity contribution in [3.63, 3.8) is 0 Å². The van der Waals surface area contributed by atoms with Gasteiger partial charge in [-0.15, -0.1) is 11.3 Å². The van der Waals surface area contributed by atoms with Crippen molar-refractivity contribution in [3.05, 3.63) is 81.1 Å². The summed E-state index contributed by atoms with van der Waals surface area (Å²) in [6.45, 7) is 0. The van der Waals surface area contributed by atoms with Gasteiger partial charge < -0.3 is 0 Å². The molecule has 0 radical (unpaired) electrons. The number of nitrogens with zero attached hydrogens (tertiary/aromatic N) is 1. The van der Waals surface area contributed by atoms with Crippen molar-refractivity contribution in [1.29, 1.82) is 0 Å². The van der Waals surface area contributed by atoms with E-state index in [1.807, 2.05) is 60.0 Å². The first-order valence-electron chi connectivity index (χ1n) is 7.82. The number of halogens is 2. The number of aromatic nitrogens is 1. The largest absolute Gasteiger partial charge is 0.298 e. The zero-order valence-corrected chi connectivity index (χ0v) is 16.5. The number of fused-ring (bicyclic) bond motifs is 1. The summed E-state index contributed by atoms with van der Waals surface area (Å²) in [5, 5.41) is 7.69. The van der Waals surface area contributed by atoms with Gasteiger partial charge in [-0.05, 0) is 29.7 Å². The number of nitrogens with one attached hydrogen (secondary N) is 1. The van der Waals surface area contributed by atoms with Gasteiger partial charge in [-0.2, -0.15) is 0 Å². The number of rotatable bonds is 3. The number of carbonyl (C=O) groups is 1. The van der Waals surface area contributed by atoms with E-state index in [9.17, 15) is 4.79 Å². The molecule has 0 aliphatic rings. The first kappa shape index (κ1) is 17.2. The topological polar surface area (TPSA) is 42.0 Å². The van der Waals surface area contributed by atoms with Gasteiger partial charge in [-0.3, -0.25) is 10.1 Å². The Morgan fingerprint density at radius 2 is 1.73 bits per heavy atom. The Labute approximate surface area is 167 Å². The summed E-state index contributed by atoms with van der Waals surface area (Å²) in [6.07, 6.45) is 0. The molecule has 0 fully saturated rings. The molecular formula is C20H12BrClN2OS. The quantitative estimate of drug-likeness (QED) is 0.386. The van der Waals surface area contributed by atoms with Crippen LogP contribution in [-0.2, 0) is 0 Å². The average molecular weight is 444 g/mol. The molecule has 0 aliphatic carbocycles. The van der Waals surface area contributed by atoms with Crippen LogP contribution in [0.15, 0.2) is 70.5 Å². The minimum Gasteiger partial charge on any atom is -0.298 e. The summed E-state index contributed by atoms with van der Waals surface area (Å²) in [4.78, 5) is 17.3. The normalized spacial score (nSPS) is 10.8. The van der Waals surface area contributed by atoms with E-state index in [0.29, 0.717) is 15.7 Å². The predicted octanol–water partition coefficient (Wildman–Crippen LogP) is 6.63. The van der Waals surface area contributed by atoms with Crippen LogP contribution in [0.4, 0.5) is 5.13 Å². The number of hydrogen-bond acceptors (Lipinski definition) is 3. The Balaban J connectivity index is 1.62. The molecule has 1 aromatic heterocycles. The summed E-state index contributed by atoms with van der Waals surface area (Å²) in [5.74, 6) is -0.199. The van der Waals surface area contributed by atoms with Crippen LogP contribution in [-0.4, -0.2) is 10.9 Å². The highest BCUT2D eigenvalue weighted by Gasteiger charge is 2.13. The van der Waals surface area contributed by atoms with E-state index in [1.54, 1.807) is 6.07 Å². The molecule has 0 spiro atoms. The van der Waals surface area contributed by atoms with Crippen molar-refractivity contribution in [2.75, 3.05) is 5.32 Å². The van der Waals surface area contributed by atoms with Gasteiger partial charge >= 0.3 is 0 Å². The maximum Gasteiger partial charge on any atom is 0.258 e. The van der Waals surface area contributed by atoms with Crippen LogP contribution in [0.3, 0.4) is 0 Å². The SMILES string of the molecule is O=C(Nc1nc(-c2ccc(Br)cc2)cs1)c1cccc2c(Cl)cccc12. The molecule has 0 atom stereocenters. The van der Waals surface area contributed by atoms with Crippen LogP contribution in [0.5, 0.6) is 0 Å². The van der Waals surface area contributed by atoms with Gasteiger partial charge in [0, 0.05) is 31.4 Å². The molecule has 26 heavy (non-hydrogen) atoms. The van der Waals surface area contributed by atoms with Crippen molar-refractivity contribution < 1.29 is 4.79 Å². The number of hydrogen-bond donors (Lipinski definition) is 1. The lowest BCUT2D eigenvalue weighted by Gasteiger charge is -2.07. The molecule has 1 N–H and O–H groups in total. The first-order valence-corrected chi connectivity index (χ1v) is 9.87. The predicted molar refractivity (Wildman–Crippen MR) is 112 cm³/mol. The second-order valence-electron chi connectivity index (χ2n) is 5.64. The van der Waals surface area contributed by atoms with E-state index in [1.165, 1.54) is 11.3 Å². The third-order valence-corrected chi connectivity index (χ3v) is 5.59. The van der Waals surface area contributed by atoms with Gasteiger partial charge in [0.1, 0.15) is 0 Å². The number of anilines is 1. The highest BCUT2D eigenvalue weighted by atomic mass is 79.9. The lowest BCUT2D eigenvalue weighted by Crippen LogP contribution is -2.12. The molecule has 4 aromatic rings. The van der Waals surface area contributed by atoms with Crippen molar-refractivity contribution in [2.24, 2.45) is 0 Å². The molecule has 3 nitrogen and oxygen atoms in total. The Bertz CT molecular complexity index is 1110. The molecular weight excluding hydrogens is 432 g/mol. The van der Waals surface area contributed by atoms with Gasteiger partial charge in [0.2, 0.25) is 0 Å². The molecule has 0 bridgehead atoms. The second kappa shape index (κ2) is 7.19. The molecule has 6 heteroatoms. The van der Waals surface area contributed by atoms with Crippen LogP contribution in [0.2, 0.25) is 5.02 Å². The third-order valence-electron chi connectivity index (χ3n) is 3.98. The molecule has 4 rings (SSSR count). The van der Waals surface area contributed by atoms with Gasteiger partial charge in [-0.1, -0.05) is 63.9 Å². The molecule has 0 aliphatic heterocycles. The summed E-state index contributed by atoms with van der Waals surface area (Å²) in [7, 11) is 0. The van der Waals surface area contributed by atoms with Gasteiger partial charge in [-0.25, -0.2) is 4.98 Å². The highest BCUT2D eigenvalue weighted by Crippen LogP contribution is 2.29. The zero-order valence-electron chi connectivity index (χ0n) is 13.4. The van der Waals surface area contributed by atoms with Crippen LogP contribution < -0.4 is 5.32 Å². The number of carbonyl (C=O) groups excluding carboxylic acids is 1. The molecule has 1 amide bonds. The molecule has 3 aromatic carbocycles. The number of thiazole rings is 1. The molecule has 128 valence electrons. The van der Waals surface area contributed by atoms with E-state index in [2.05, 4.69) is 26.2 Å². The summed E-state index contributed by atoms with van der Waals surface area (Å²) >= 11 is 11.1. The van der Waals surface area contributed by atoms with E-state index in [0.717, 1.165) is 26.5 Å². The Morgan fingerprint density at radius 1 is 1.00 bits per heavy atom. The lowest BCUT2D eigenvalue weighted by atomic mass is 10.0. The molecule has 0 unspecified atom stereocenters. The van der Waals surface area contributed by atoms with E-state index >= 15 is 0 Å².